The van der Waals surface area contributed by atoms with Crippen LogP contribution in [0, 0.1) is 0 Å². The number of hydrogen-bond donors (Lipinski definition) is 0. The van der Waals surface area contributed by atoms with Crippen molar-refractivity contribution in [1.82, 2.24) is 0 Å². The lowest BCUT2D eigenvalue weighted by Crippen LogP contribution is -2.15. The van der Waals surface area contributed by atoms with Crippen LogP contribution in [0.1, 0.15) is 80.1 Å². The molecule has 0 saturated heterocycles. The van der Waals surface area contributed by atoms with Crippen molar-refractivity contribution in [2.45, 2.75) is 74.6 Å². The molecule has 0 N–H and O–H groups in total. The number of fused-ring (bicyclic) bond motifs is 1. The first-order valence-electron chi connectivity index (χ1n) is 9.16. The first-order chi connectivity index (χ1) is 11.3. The van der Waals surface area contributed by atoms with Crippen molar-refractivity contribution in [3.63, 3.8) is 0 Å². The molecule has 128 valence electrons. The van der Waals surface area contributed by atoms with Crippen LogP contribution in [0.4, 0.5) is 0 Å². The molecule has 1 heterocycles. The predicted molar refractivity (Wildman–Crippen MR) is 104 cm³/mol. The summed E-state index contributed by atoms with van der Waals surface area (Å²) in [5, 5.41) is 0. The number of cyclic esters (lactones) is 1. The SMILES string of the molecule is O=C1OCC(I)CCCCCCCCCCCc2ccccc21. The van der Waals surface area contributed by atoms with Crippen molar-refractivity contribution in [3.05, 3.63) is 35.4 Å². The molecular weight excluding hydrogens is 399 g/mol. The molecule has 1 aliphatic heterocycles. The van der Waals surface area contributed by atoms with Crippen LogP contribution in [0.3, 0.4) is 0 Å². The van der Waals surface area contributed by atoms with Gasteiger partial charge in [-0.2, -0.15) is 0 Å². The molecule has 0 aromatic heterocycles. The fraction of sp³-hybridized carbons (Fsp3) is 0.650. The van der Waals surface area contributed by atoms with Gasteiger partial charge in [0.25, 0.3) is 0 Å². The number of esters is 1. The van der Waals surface area contributed by atoms with E-state index < -0.39 is 0 Å². The maximum Gasteiger partial charge on any atom is 0.338 e. The van der Waals surface area contributed by atoms with Gasteiger partial charge in [0.05, 0.1) is 5.56 Å². The van der Waals surface area contributed by atoms with Crippen molar-refractivity contribution in [2.24, 2.45) is 0 Å². The summed E-state index contributed by atoms with van der Waals surface area (Å²) < 4.78 is 5.99. The lowest BCUT2D eigenvalue weighted by Gasteiger charge is -2.12. The van der Waals surface area contributed by atoms with E-state index >= 15 is 0 Å². The maximum absolute atomic E-state index is 12.4. The van der Waals surface area contributed by atoms with Gasteiger partial charge in [-0.25, -0.2) is 4.79 Å². The number of carbonyl (C=O) groups excluding carboxylic acids is 1. The summed E-state index contributed by atoms with van der Waals surface area (Å²) in [4.78, 5) is 12.4. The number of halogens is 1. The van der Waals surface area contributed by atoms with Crippen molar-refractivity contribution in [2.75, 3.05) is 6.61 Å². The number of rotatable bonds is 0. The van der Waals surface area contributed by atoms with Crippen LogP contribution in [0.25, 0.3) is 0 Å². The van der Waals surface area contributed by atoms with E-state index in [1.54, 1.807) is 0 Å². The van der Waals surface area contributed by atoms with Crippen LogP contribution in [-0.2, 0) is 11.2 Å². The van der Waals surface area contributed by atoms with Crippen LogP contribution in [-0.4, -0.2) is 16.5 Å². The molecule has 0 bridgehead atoms. The Balaban J connectivity index is 1.96. The van der Waals surface area contributed by atoms with Gasteiger partial charge in [-0.15, -0.1) is 0 Å². The van der Waals surface area contributed by atoms with Crippen LogP contribution >= 0.6 is 22.6 Å². The Kier molecular flexibility index (Phi) is 9.02. The zero-order chi connectivity index (χ0) is 16.3. The monoisotopic (exact) mass is 428 g/mol. The molecule has 1 aromatic carbocycles. The molecule has 3 heteroatoms. The van der Waals surface area contributed by atoms with Gasteiger partial charge in [0.15, 0.2) is 0 Å². The average molecular weight is 428 g/mol. The summed E-state index contributed by atoms with van der Waals surface area (Å²) in [6.45, 7) is 0.535. The van der Waals surface area contributed by atoms with Gasteiger partial charge in [0.2, 0.25) is 0 Å². The van der Waals surface area contributed by atoms with E-state index in [1.165, 1.54) is 57.8 Å². The molecule has 0 saturated carbocycles. The van der Waals surface area contributed by atoms with E-state index in [9.17, 15) is 4.79 Å². The van der Waals surface area contributed by atoms with Gasteiger partial charge in [-0.3, -0.25) is 0 Å². The zero-order valence-electron chi connectivity index (χ0n) is 14.1. The van der Waals surface area contributed by atoms with Gasteiger partial charge in [0, 0.05) is 3.92 Å². The minimum atomic E-state index is -0.147. The summed E-state index contributed by atoms with van der Waals surface area (Å²) in [5.74, 6) is -0.147. The topological polar surface area (TPSA) is 26.3 Å². The number of benzene rings is 1. The molecule has 0 amide bonds. The van der Waals surface area contributed by atoms with E-state index in [2.05, 4.69) is 28.7 Å². The molecule has 23 heavy (non-hydrogen) atoms. The minimum absolute atomic E-state index is 0.147. The second-order valence-electron chi connectivity index (χ2n) is 6.57. The largest absolute Gasteiger partial charge is 0.461 e. The third-order valence-corrected chi connectivity index (χ3v) is 5.58. The molecule has 1 unspecified atom stereocenters. The quantitative estimate of drug-likeness (QED) is 0.283. The zero-order valence-corrected chi connectivity index (χ0v) is 16.2. The molecule has 0 aliphatic carbocycles. The third kappa shape index (κ3) is 7.23. The maximum atomic E-state index is 12.4. The average Bonchev–Trinajstić information content (AvgIpc) is 2.57. The Bertz CT molecular complexity index is 472. The molecule has 1 atom stereocenters. The van der Waals surface area contributed by atoms with Crippen LogP contribution in [0.5, 0.6) is 0 Å². The highest BCUT2D eigenvalue weighted by molar-refractivity contribution is 14.1. The highest BCUT2D eigenvalue weighted by Gasteiger charge is 2.14. The number of carbonyl (C=O) groups is 1. The Morgan fingerprint density at radius 2 is 1.48 bits per heavy atom. The number of hydrogen-bond acceptors (Lipinski definition) is 2. The standard InChI is InChI=1S/C20H29IO2/c21-18-14-9-7-5-3-1-2-4-6-8-12-17-13-10-11-15-19(17)20(22)23-16-18/h10-11,13,15,18H,1-9,12,14,16H2. The van der Waals surface area contributed by atoms with Gasteiger partial charge in [0.1, 0.15) is 6.61 Å². The summed E-state index contributed by atoms with van der Waals surface area (Å²) in [5.41, 5.74) is 1.91. The van der Waals surface area contributed by atoms with E-state index in [4.69, 9.17) is 4.74 Å². The van der Waals surface area contributed by atoms with E-state index in [0.717, 1.165) is 24.0 Å². The Labute approximate surface area is 154 Å². The van der Waals surface area contributed by atoms with Gasteiger partial charge in [-0.05, 0) is 30.9 Å². The third-order valence-electron chi connectivity index (χ3n) is 4.60. The molecule has 0 fully saturated rings. The molecule has 2 rings (SSSR count). The fourth-order valence-electron chi connectivity index (χ4n) is 3.18. The van der Waals surface area contributed by atoms with Crippen molar-refractivity contribution >= 4 is 28.6 Å². The second kappa shape index (κ2) is 11.1. The molecule has 2 nitrogen and oxygen atoms in total. The van der Waals surface area contributed by atoms with Crippen molar-refractivity contribution < 1.29 is 9.53 Å². The number of aryl methyl sites for hydroxylation is 1. The first-order valence-corrected chi connectivity index (χ1v) is 10.4. The smallest absolute Gasteiger partial charge is 0.338 e. The van der Waals surface area contributed by atoms with Gasteiger partial charge in [-0.1, -0.05) is 92.2 Å². The van der Waals surface area contributed by atoms with E-state index in [-0.39, 0.29) is 5.97 Å². The normalized spacial score (nSPS) is 22.7. The van der Waals surface area contributed by atoms with Crippen LogP contribution in [0.2, 0.25) is 0 Å². The molecule has 0 radical (unpaired) electrons. The van der Waals surface area contributed by atoms with Gasteiger partial charge < -0.3 is 4.74 Å². The summed E-state index contributed by atoms with van der Waals surface area (Å²) in [7, 11) is 0. The minimum Gasteiger partial charge on any atom is -0.461 e. The highest BCUT2D eigenvalue weighted by atomic mass is 127. The predicted octanol–water partition coefficient (Wildman–Crippen LogP) is 6.10. The van der Waals surface area contributed by atoms with Crippen molar-refractivity contribution in [3.8, 4) is 0 Å². The van der Waals surface area contributed by atoms with Crippen molar-refractivity contribution in [1.29, 1.82) is 0 Å². The molecule has 0 spiro atoms. The molecule has 1 aromatic rings. The molecular formula is C20H29IO2. The Morgan fingerprint density at radius 1 is 0.870 bits per heavy atom. The highest BCUT2D eigenvalue weighted by Crippen LogP contribution is 2.19. The van der Waals surface area contributed by atoms with E-state index in [0.29, 0.717) is 10.5 Å². The van der Waals surface area contributed by atoms with Gasteiger partial charge >= 0.3 is 5.97 Å². The lowest BCUT2D eigenvalue weighted by atomic mass is 10.00. The fourth-order valence-corrected chi connectivity index (χ4v) is 3.80. The Morgan fingerprint density at radius 3 is 2.22 bits per heavy atom. The summed E-state index contributed by atoms with van der Waals surface area (Å²) in [6, 6.07) is 7.94. The second-order valence-corrected chi connectivity index (χ2v) is 8.34. The summed E-state index contributed by atoms with van der Waals surface area (Å²) in [6.07, 6.45) is 13.9. The number of ether oxygens (including phenoxy) is 1. The van der Waals surface area contributed by atoms with E-state index in [1.807, 2.05) is 18.2 Å². The van der Waals surface area contributed by atoms with Crippen LogP contribution < -0.4 is 0 Å². The Hall–Kier alpha value is -0.580. The van der Waals surface area contributed by atoms with Crippen LogP contribution in [0.15, 0.2) is 24.3 Å². The molecule has 1 aliphatic rings. The first kappa shape index (κ1) is 18.8. The number of alkyl halides is 1. The summed E-state index contributed by atoms with van der Waals surface area (Å²) >= 11 is 2.42. The lowest BCUT2D eigenvalue weighted by molar-refractivity contribution is 0.0507.